The summed E-state index contributed by atoms with van der Waals surface area (Å²) < 4.78 is 1.49. The van der Waals surface area contributed by atoms with Crippen LogP contribution in [0.3, 0.4) is 0 Å². The van der Waals surface area contributed by atoms with E-state index in [4.69, 9.17) is 5.26 Å². The average Bonchev–Trinajstić information content (AvgIpc) is 2.82. The summed E-state index contributed by atoms with van der Waals surface area (Å²) >= 11 is 1.10. The molecule has 5 nitrogen and oxygen atoms in total. The lowest BCUT2D eigenvalue weighted by Gasteiger charge is -2.06. The van der Waals surface area contributed by atoms with Gasteiger partial charge < -0.3 is 9.88 Å². The third kappa shape index (κ3) is 3.30. The molecule has 0 spiro atoms. The van der Waals surface area contributed by atoms with E-state index in [1.54, 1.807) is 35.8 Å². The third-order valence-corrected chi connectivity index (χ3v) is 3.24. The molecule has 96 valence electrons. The second-order valence-electron chi connectivity index (χ2n) is 3.82. The predicted octanol–water partition coefficient (Wildman–Crippen LogP) is 1.81. The smallest absolute Gasteiger partial charge is 0.307 e. The Labute approximate surface area is 113 Å². The average molecular weight is 273 g/mol. The van der Waals surface area contributed by atoms with Crippen LogP contribution in [0, 0.1) is 11.3 Å². The first-order valence-electron chi connectivity index (χ1n) is 5.63. The molecule has 0 unspecified atom stereocenters. The molecule has 6 heteroatoms. The highest BCUT2D eigenvalue weighted by atomic mass is 32.1. The number of amides is 1. The van der Waals surface area contributed by atoms with E-state index in [0.717, 1.165) is 11.3 Å². The molecule has 0 atom stereocenters. The number of para-hydroxylation sites is 1. The minimum absolute atomic E-state index is 0.0785. The zero-order chi connectivity index (χ0) is 13.7. The van der Waals surface area contributed by atoms with Crippen molar-refractivity contribution in [3.63, 3.8) is 0 Å². The summed E-state index contributed by atoms with van der Waals surface area (Å²) in [7, 11) is 0. The number of nitriles is 1. The maximum Gasteiger partial charge on any atom is 0.307 e. The van der Waals surface area contributed by atoms with Crippen molar-refractivity contribution in [2.45, 2.75) is 13.0 Å². The first-order chi connectivity index (χ1) is 9.20. The topological polar surface area (TPSA) is 74.9 Å². The van der Waals surface area contributed by atoms with Crippen LogP contribution in [0.25, 0.3) is 0 Å². The van der Waals surface area contributed by atoms with Gasteiger partial charge in [-0.05, 0) is 12.1 Å². The van der Waals surface area contributed by atoms with Crippen LogP contribution in [-0.2, 0) is 11.3 Å². The lowest BCUT2D eigenvalue weighted by atomic mass is 10.2. The van der Waals surface area contributed by atoms with Crippen LogP contribution in [0.2, 0.25) is 0 Å². The molecule has 0 saturated carbocycles. The molecule has 19 heavy (non-hydrogen) atoms. The Bertz CT molecular complexity index is 681. The molecule has 1 N–H and O–H groups in total. The van der Waals surface area contributed by atoms with Gasteiger partial charge in [0.25, 0.3) is 0 Å². The summed E-state index contributed by atoms with van der Waals surface area (Å²) in [4.78, 5) is 23.0. The van der Waals surface area contributed by atoms with Gasteiger partial charge in [0.1, 0.15) is 6.07 Å². The van der Waals surface area contributed by atoms with E-state index in [-0.39, 0.29) is 17.2 Å². The number of nitrogens with one attached hydrogen (secondary N) is 1. The molecule has 1 aromatic carbocycles. The summed E-state index contributed by atoms with van der Waals surface area (Å²) in [5, 5.41) is 13.3. The van der Waals surface area contributed by atoms with Gasteiger partial charge in [-0.25, -0.2) is 0 Å². The fraction of sp³-hybridized carbons (Fsp3) is 0.154. The van der Waals surface area contributed by atoms with Gasteiger partial charge in [0.05, 0.1) is 11.3 Å². The van der Waals surface area contributed by atoms with Gasteiger partial charge in [-0.3, -0.25) is 9.59 Å². The van der Waals surface area contributed by atoms with Crippen molar-refractivity contribution in [2.75, 3.05) is 5.32 Å². The highest BCUT2D eigenvalue weighted by molar-refractivity contribution is 7.07. The minimum atomic E-state index is -0.221. The van der Waals surface area contributed by atoms with Crippen molar-refractivity contribution in [3.05, 3.63) is 51.1 Å². The number of carbonyl (C=O) groups excluding carboxylic acids is 1. The standard InChI is InChI=1S/C13H11N3O2S/c14-9-10-3-1-2-4-11(10)15-12(17)5-6-16-7-8-19-13(16)18/h1-4,7-8H,5-6H2,(H,15,17). The number of benzene rings is 1. The molecule has 1 aromatic heterocycles. The molecule has 0 aliphatic rings. The van der Waals surface area contributed by atoms with Crippen LogP contribution >= 0.6 is 11.3 Å². The van der Waals surface area contributed by atoms with Crippen LogP contribution < -0.4 is 10.2 Å². The predicted molar refractivity (Wildman–Crippen MR) is 73.0 cm³/mol. The Hall–Kier alpha value is -2.39. The number of hydrogen-bond acceptors (Lipinski definition) is 4. The maximum atomic E-state index is 11.8. The Morgan fingerprint density at radius 3 is 2.89 bits per heavy atom. The Kier molecular flexibility index (Phi) is 4.11. The van der Waals surface area contributed by atoms with Gasteiger partial charge in [-0.1, -0.05) is 23.5 Å². The van der Waals surface area contributed by atoms with Crippen LogP contribution in [0.4, 0.5) is 5.69 Å². The number of hydrogen-bond donors (Lipinski definition) is 1. The SMILES string of the molecule is N#Cc1ccccc1NC(=O)CCn1ccsc1=O. The lowest BCUT2D eigenvalue weighted by molar-refractivity contribution is -0.116. The molecule has 2 aromatic rings. The highest BCUT2D eigenvalue weighted by Gasteiger charge is 2.07. The van der Waals surface area contributed by atoms with E-state index in [0.29, 0.717) is 17.8 Å². The molecule has 2 rings (SSSR count). The van der Waals surface area contributed by atoms with Gasteiger partial charge in [-0.15, -0.1) is 0 Å². The number of anilines is 1. The quantitative estimate of drug-likeness (QED) is 0.923. The number of carbonyl (C=O) groups is 1. The molecule has 0 radical (unpaired) electrons. The molecule has 0 saturated heterocycles. The largest absolute Gasteiger partial charge is 0.325 e. The van der Waals surface area contributed by atoms with E-state index in [1.807, 2.05) is 6.07 Å². The van der Waals surface area contributed by atoms with Crippen molar-refractivity contribution >= 4 is 22.9 Å². The van der Waals surface area contributed by atoms with Crippen LogP contribution in [0.1, 0.15) is 12.0 Å². The van der Waals surface area contributed by atoms with Crippen molar-refractivity contribution in [3.8, 4) is 6.07 Å². The van der Waals surface area contributed by atoms with Gasteiger partial charge in [-0.2, -0.15) is 5.26 Å². The number of nitrogens with zero attached hydrogens (tertiary/aromatic N) is 2. The van der Waals surface area contributed by atoms with Gasteiger partial charge >= 0.3 is 4.87 Å². The molecule has 1 heterocycles. The summed E-state index contributed by atoms with van der Waals surface area (Å²) in [5.41, 5.74) is 0.913. The van der Waals surface area contributed by atoms with Crippen molar-refractivity contribution in [1.82, 2.24) is 4.57 Å². The van der Waals surface area contributed by atoms with Crippen molar-refractivity contribution in [2.24, 2.45) is 0 Å². The third-order valence-electron chi connectivity index (χ3n) is 2.55. The highest BCUT2D eigenvalue weighted by Crippen LogP contribution is 2.13. The van der Waals surface area contributed by atoms with E-state index in [1.165, 1.54) is 4.57 Å². The maximum absolute atomic E-state index is 11.8. The first-order valence-corrected chi connectivity index (χ1v) is 6.51. The number of rotatable bonds is 4. The Balaban J connectivity index is 1.97. The van der Waals surface area contributed by atoms with Crippen LogP contribution in [0.15, 0.2) is 40.6 Å². The molecular formula is C13H11N3O2S. The number of aromatic nitrogens is 1. The summed E-state index contributed by atoms with van der Waals surface area (Å²) in [5.74, 6) is -0.221. The number of aryl methyl sites for hydroxylation is 1. The molecule has 0 fully saturated rings. The lowest BCUT2D eigenvalue weighted by Crippen LogP contribution is -2.19. The fourth-order valence-electron chi connectivity index (χ4n) is 1.58. The molecule has 0 bridgehead atoms. The summed E-state index contributed by atoms with van der Waals surface area (Å²) in [6.45, 7) is 0.336. The second-order valence-corrected chi connectivity index (χ2v) is 4.67. The van der Waals surface area contributed by atoms with Crippen molar-refractivity contribution < 1.29 is 4.79 Å². The normalized spacial score (nSPS) is 9.84. The number of thiazole rings is 1. The molecule has 0 aliphatic heterocycles. The zero-order valence-electron chi connectivity index (χ0n) is 10.00. The minimum Gasteiger partial charge on any atom is -0.325 e. The molecule has 1 amide bonds. The van der Waals surface area contributed by atoms with Gasteiger partial charge in [0.15, 0.2) is 0 Å². The van der Waals surface area contributed by atoms with Gasteiger partial charge in [0, 0.05) is 24.5 Å². The molecule has 0 aliphatic carbocycles. The van der Waals surface area contributed by atoms with E-state index >= 15 is 0 Å². The van der Waals surface area contributed by atoms with E-state index in [2.05, 4.69) is 5.32 Å². The van der Waals surface area contributed by atoms with Crippen molar-refractivity contribution in [1.29, 1.82) is 5.26 Å². The monoisotopic (exact) mass is 273 g/mol. The Morgan fingerprint density at radius 2 is 2.21 bits per heavy atom. The van der Waals surface area contributed by atoms with Gasteiger partial charge in [0.2, 0.25) is 5.91 Å². The van der Waals surface area contributed by atoms with E-state index in [9.17, 15) is 9.59 Å². The Morgan fingerprint density at radius 1 is 1.42 bits per heavy atom. The summed E-state index contributed by atoms with van der Waals surface area (Å²) in [6.07, 6.45) is 1.85. The second kappa shape index (κ2) is 5.98. The fourth-order valence-corrected chi connectivity index (χ4v) is 2.19. The first kappa shape index (κ1) is 13.1. The zero-order valence-corrected chi connectivity index (χ0v) is 10.8. The van der Waals surface area contributed by atoms with Crippen LogP contribution in [-0.4, -0.2) is 10.5 Å². The summed E-state index contributed by atoms with van der Waals surface area (Å²) in [6, 6.07) is 8.81. The van der Waals surface area contributed by atoms with E-state index < -0.39 is 0 Å². The van der Waals surface area contributed by atoms with Crippen LogP contribution in [0.5, 0.6) is 0 Å². The molecular weight excluding hydrogens is 262 g/mol.